The minimum absolute atomic E-state index is 0.184. The Morgan fingerprint density at radius 2 is 2.00 bits per heavy atom. The smallest absolute Gasteiger partial charge is 0.335 e. The first-order valence-electron chi connectivity index (χ1n) is 8.08. The number of amides is 1. The summed E-state index contributed by atoms with van der Waals surface area (Å²) in [6.45, 7) is 1.46. The van der Waals surface area contributed by atoms with Crippen LogP contribution in [0.4, 0.5) is 16.5 Å². The Kier molecular flexibility index (Phi) is 6.03. The van der Waals surface area contributed by atoms with Gasteiger partial charge in [-0.15, -0.1) is 11.3 Å². The number of hydrogen-bond acceptors (Lipinski definition) is 6. The topological polar surface area (TPSA) is 94.9 Å². The Morgan fingerprint density at radius 3 is 2.64 bits per heavy atom. The number of carbonyl (C=O) groups excluding carboxylic acids is 1. The molecule has 0 saturated carbocycles. The van der Waals surface area contributed by atoms with Gasteiger partial charge < -0.3 is 5.11 Å². The first kappa shape index (κ1) is 19.5. The number of hydrogen-bond donors (Lipinski definition) is 2. The lowest BCUT2D eigenvalue weighted by Gasteiger charge is -2.18. The first-order valence-corrected chi connectivity index (χ1v) is 9.34. The van der Waals surface area contributed by atoms with Crippen molar-refractivity contribution in [3.05, 3.63) is 70.2 Å². The van der Waals surface area contributed by atoms with E-state index in [1.54, 1.807) is 41.8 Å². The third kappa shape index (κ3) is 4.73. The third-order valence-electron chi connectivity index (χ3n) is 3.60. The predicted molar refractivity (Wildman–Crippen MR) is 111 cm³/mol. The van der Waals surface area contributed by atoms with Crippen molar-refractivity contribution >= 4 is 57.5 Å². The van der Waals surface area contributed by atoms with E-state index in [0.717, 1.165) is 0 Å². The number of carbonyl (C=O) groups is 2. The van der Waals surface area contributed by atoms with Gasteiger partial charge in [0.05, 0.1) is 28.8 Å². The van der Waals surface area contributed by atoms with Crippen LogP contribution in [0.1, 0.15) is 23.0 Å². The van der Waals surface area contributed by atoms with E-state index < -0.39 is 5.97 Å². The molecule has 3 aromatic rings. The Bertz CT molecular complexity index is 1030. The molecule has 0 saturated heterocycles. The maximum Gasteiger partial charge on any atom is 0.335 e. The van der Waals surface area contributed by atoms with Crippen molar-refractivity contribution in [2.24, 2.45) is 5.10 Å². The molecule has 2 aromatic carbocycles. The zero-order chi connectivity index (χ0) is 20.1. The van der Waals surface area contributed by atoms with E-state index in [1.807, 2.05) is 0 Å². The standard InChI is InChI=1S/C19H15ClN4O3S/c1-12(25)24(17-4-2-3-14(20)9-17)19-22-16(11-28-19)10-21-23-15-7-5-13(6-8-15)18(26)27/h2-11,23H,1H3,(H,26,27)/b21-10-. The highest BCUT2D eigenvalue weighted by Crippen LogP contribution is 2.30. The van der Waals surface area contributed by atoms with Crippen LogP contribution in [0.25, 0.3) is 0 Å². The molecule has 1 aromatic heterocycles. The lowest BCUT2D eigenvalue weighted by Crippen LogP contribution is -2.22. The molecule has 0 spiro atoms. The number of carboxylic acids is 1. The normalized spacial score (nSPS) is 10.8. The lowest BCUT2D eigenvalue weighted by molar-refractivity contribution is -0.115. The molecule has 0 bridgehead atoms. The van der Waals surface area contributed by atoms with Gasteiger partial charge in [-0.25, -0.2) is 9.78 Å². The summed E-state index contributed by atoms with van der Waals surface area (Å²) in [7, 11) is 0. The molecule has 0 radical (unpaired) electrons. The van der Waals surface area contributed by atoms with E-state index in [1.165, 1.54) is 41.5 Å². The molecule has 28 heavy (non-hydrogen) atoms. The van der Waals surface area contributed by atoms with Gasteiger partial charge in [0.1, 0.15) is 0 Å². The predicted octanol–water partition coefficient (Wildman–Crippen LogP) is 4.63. The van der Waals surface area contributed by atoms with E-state index in [4.69, 9.17) is 16.7 Å². The van der Waals surface area contributed by atoms with Gasteiger partial charge in [-0.2, -0.15) is 5.10 Å². The number of aromatic nitrogens is 1. The van der Waals surface area contributed by atoms with E-state index in [-0.39, 0.29) is 11.5 Å². The summed E-state index contributed by atoms with van der Waals surface area (Å²) in [6, 6.07) is 13.2. The Balaban J connectivity index is 1.72. The van der Waals surface area contributed by atoms with Crippen LogP contribution in [0.2, 0.25) is 5.02 Å². The summed E-state index contributed by atoms with van der Waals surface area (Å²) in [5.41, 5.74) is 4.85. The molecule has 2 N–H and O–H groups in total. The average molecular weight is 415 g/mol. The van der Waals surface area contributed by atoms with Gasteiger partial charge in [0.2, 0.25) is 5.91 Å². The fourth-order valence-electron chi connectivity index (χ4n) is 2.34. The molecule has 0 aliphatic heterocycles. The number of thiazole rings is 1. The van der Waals surface area contributed by atoms with Gasteiger partial charge in [0.15, 0.2) is 5.13 Å². The summed E-state index contributed by atoms with van der Waals surface area (Å²) in [6.07, 6.45) is 1.52. The van der Waals surface area contributed by atoms with E-state index in [2.05, 4.69) is 15.5 Å². The van der Waals surface area contributed by atoms with Crippen LogP contribution in [0.5, 0.6) is 0 Å². The van der Waals surface area contributed by atoms with Crippen molar-refractivity contribution in [1.29, 1.82) is 0 Å². The Hall–Kier alpha value is -3.23. The van der Waals surface area contributed by atoms with Crippen molar-refractivity contribution in [2.75, 3.05) is 10.3 Å². The van der Waals surface area contributed by atoms with Crippen LogP contribution in [0.15, 0.2) is 59.0 Å². The fraction of sp³-hybridized carbons (Fsp3) is 0.0526. The van der Waals surface area contributed by atoms with E-state index in [9.17, 15) is 9.59 Å². The van der Waals surface area contributed by atoms with E-state index in [0.29, 0.717) is 27.2 Å². The fourth-order valence-corrected chi connectivity index (χ4v) is 3.36. The molecule has 9 heteroatoms. The van der Waals surface area contributed by atoms with Crippen LogP contribution in [0.3, 0.4) is 0 Å². The van der Waals surface area contributed by atoms with Crippen LogP contribution >= 0.6 is 22.9 Å². The average Bonchev–Trinajstić information content (AvgIpc) is 3.10. The molecule has 0 unspecified atom stereocenters. The lowest BCUT2D eigenvalue weighted by atomic mass is 10.2. The number of nitrogens with zero attached hydrogens (tertiary/aromatic N) is 3. The van der Waals surface area contributed by atoms with Crippen LogP contribution in [-0.2, 0) is 4.79 Å². The third-order valence-corrected chi connectivity index (χ3v) is 4.68. The minimum atomic E-state index is -0.986. The molecule has 142 valence electrons. The highest BCUT2D eigenvalue weighted by atomic mass is 35.5. The summed E-state index contributed by atoms with van der Waals surface area (Å²) < 4.78 is 0. The van der Waals surface area contributed by atoms with Crippen molar-refractivity contribution in [1.82, 2.24) is 4.98 Å². The van der Waals surface area contributed by atoms with Gasteiger partial charge in [-0.3, -0.25) is 15.1 Å². The highest BCUT2D eigenvalue weighted by Gasteiger charge is 2.17. The molecule has 0 aliphatic carbocycles. The Morgan fingerprint density at radius 1 is 1.25 bits per heavy atom. The largest absolute Gasteiger partial charge is 0.478 e. The first-order chi connectivity index (χ1) is 13.4. The number of nitrogens with one attached hydrogen (secondary N) is 1. The Labute approximate surface area is 169 Å². The second-order valence-electron chi connectivity index (χ2n) is 5.64. The zero-order valence-corrected chi connectivity index (χ0v) is 16.2. The molecular weight excluding hydrogens is 400 g/mol. The molecule has 1 heterocycles. The van der Waals surface area contributed by atoms with Crippen molar-refractivity contribution < 1.29 is 14.7 Å². The summed E-state index contributed by atoms with van der Waals surface area (Å²) in [4.78, 5) is 28.8. The number of anilines is 3. The van der Waals surface area contributed by atoms with Crippen molar-refractivity contribution in [3.63, 3.8) is 0 Å². The minimum Gasteiger partial charge on any atom is -0.478 e. The van der Waals surface area contributed by atoms with Gasteiger partial charge in [0.25, 0.3) is 0 Å². The van der Waals surface area contributed by atoms with Crippen molar-refractivity contribution in [3.8, 4) is 0 Å². The van der Waals surface area contributed by atoms with Gasteiger partial charge in [-0.1, -0.05) is 17.7 Å². The quantitative estimate of drug-likeness (QED) is 0.453. The number of halogens is 1. The second-order valence-corrected chi connectivity index (χ2v) is 6.91. The van der Waals surface area contributed by atoms with E-state index >= 15 is 0 Å². The molecule has 0 fully saturated rings. The summed E-state index contributed by atoms with van der Waals surface area (Å²) in [5.74, 6) is -1.17. The second kappa shape index (κ2) is 8.64. The zero-order valence-electron chi connectivity index (χ0n) is 14.7. The maximum absolute atomic E-state index is 12.1. The number of carboxylic acid groups (broad SMARTS) is 1. The highest BCUT2D eigenvalue weighted by molar-refractivity contribution is 7.14. The maximum atomic E-state index is 12.1. The molecule has 0 aliphatic rings. The SMILES string of the molecule is CC(=O)N(c1cccc(Cl)c1)c1nc(/C=N\Nc2ccc(C(=O)O)cc2)cs1. The summed E-state index contributed by atoms with van der Waals surface area (Å²) in [5, 5.41) is 15.8. The van der Waals surface area contributed by atoms with Gasteiger partial charge >= 0.3 is 5.97 Å². The van der Waals surface area contributed by atoms with Gasteiger partial charge in [0, 0.05) is 17.3 Å². The molecular formula is C19H15ClN4O3S. The molecule has 7 nitrogen and oxygen atoms in total. The number of aromatic carboxylic acids is 1. The monoisotopic (exact) mass is 414 g/mol. The number of benzene rings is 2. The number of rotatable bonds is 6. The van der Waals surface area contributed by atoms with Crippen LogP contribution in [0, 0.1) is 0 Å². The van der Waals surface area contributed by atoms with Crippen molar-refractivity contribution in [2.45, 2.75) is 6.92 Å². The molecule has 0 atom stereocenters. The molecule has 1 amide bonds. The van der Waals surface area contributed by atoms with Gasteiger partial charge in [-0.05, 0) is 42.5 Å². The van der Waals surface area contributed by atoms with Crippen LogP contribution < -0.4 is 10.3 Å². The molecule has 3 rings (SSSR count). The van der Waals surface area contributed by atoms with Crippen LogP contribution in [-0.4, -0.2) is 28.2 Å². The number of hydrazone groups is 1. The summed E-state index contributed by atoms with van der Waals surface area (Å²) >= 11 is 7.33.